The molecule has 1 aliphatic carbocycles. The van der Waals surface area contributed by atoms with Crippen LogP contribution in [0.15, 0.2) is 53.4 Å². The highest BCUT2D eigenvalue weighted by molar-refractivity contribution is 7.92. The molecule has 6 heteroatoms. The highest BCUT2D eigenvalue weighted by Crippen LogP contribution is 2.63. The van der Waals surface area contributed by atoms with Crippen LogP contribution in [0, 0.1) is 5.41 Å². The topological polar surface area (TPSA) is 80.4 Å². The predicted molar refractivity (Wildman–Crippen MR) is 99.6 cm³/mol. The molecule has 3 rings (SSSR count). The minimum absolute atomic E-state index is 0.112. The summed E-state index contributed by atoms with van der Waals surface area (Å²) in [5, 5.41) is 9.70. The van der Waals surface area contributed by atoms with Crippen LogP contribution >= 0.6 is 11.6 Å². The molecule has 2 aromatic carbocycles. The van der Waals surface area contributed by atoms with Crippen LogP contribution in [-0.4, -0.2) is 31.9 Å². The predicted octanol–water partition coefficient (Wildman–Crippen LogP) is 2.78. The first kappa shape index (κ1) is 18.4. The van der Waals surface area contributed by atoms with Crippen molar-refractivity contribution in [3.63, 3.8) is 0 Å². The van der Waals surface area contributed by atoms with E-state index < -0.39 is 20.5 Å². The zero-order valence-corrected chi connectivity index (χ0v) is 15.6. The summed E-state index contributed by atoms with van der Waals surface area (Å²) in [5.74, 6) is -0.311. The van der Waals surface area contributed by atoms with E-state index in [1.54, 1.807) is 12.1 Å². The molecular weight excluding hydrogens is 358 g/mol. The van der Waals surface area contributed by atoms with Gasteiger partial charge in [0.05, 0.1) is 16.8 Å². The van der Waals surface area contributed by atoms with Gasteiger partial charge in [-0.05, 0) is 41.8 Å². The number of sulfone groups is 1. The molecule has 0 amide bonds. The lowest BCUT2D eigenvalue weighted by atomic mass is 9.99. The summed E-state index contributed by atoms with van der Waals surface area (Å²) in [5.41, 5.74) is 7.15. The van der Waals surface area contributed by atoms with Crippen LogP contribution in [0.2, 0.25) is 5.02 Å². The third-order valence-electron chi connectivity index (χ3n) is 5.28. The van der Waals surface area contributed by atoms with Crippen LogP contribution in [0.25, 0.3) is 0 Å². The van der Waals surface area contributed by atoms with E-state index in [0.717, 1.165) is 12.0 Å². The van der Waals surface area contributed by atoms with Crippen LogP contribution in [0.4, 0.5) is 0 Å². The summed E-state index contributed by atoms with van der Waals surface area (Å²) >= 11 is 5.87. The number of aliphatic hydroxyl groups excluding tert-OH is 1. The standard InChI is InChI=1S/C19H22ClNO3S/c1-2-13-3-5-14(6-4-13)17-18(19(17,11-21)12-22)25(23,24)16-9-7-15(20)8-10-16/h3-10,17-18,22H,2,11-12,21H2,1H3. The Kier molecular flexibility index (Phi) is 4.95. The zero-order chi connectivity index (χ0) is 18.2. The Balaban J connectivity index is 2.02. The summed E-state index contributed by atoms with van der Waals surface area (Å²) < 4.78 is 26.3. The van der Waals surface area contributed by atoms with Gasteiger partial charge in [0.2, 0.25) is 0 Å². The molecule has 134 valence electrons. The second-order valence-electron chi connectivity index (χ2n) is 6.59. The smallest absolute Gasteiger partial charge is 0.182 e. The molecule has 0 saturated heterocycles. The van der Waals surface area contributed by atoms with Crippen LogP contribution in [0.3, 0.4) is 0 Å². The minimum atomic E-state index is -3.63. The van der Waals surface area contributed by atoms with Gasteiger partial charge in [0.1, 0.15) is 0 Å². The highest BCUT2D eigenvalue weighted by Gasteiger charge is 2.70. The quantitative estimate of drug-likeness (QED) is 0.808. The maximum Gasteiger partial charge on any atom is 0.182 e. The molecule has 2 aromatic rings. The van der Waals surface area contributed by atoms with Gasteiger partial charge in [-0.25, -0.2) is 8.42 Å². The van der Waals surface area contributed by atoms with Crippen molar-refractivity contribution < 1.29 is 13.5 Å². The lowest BCUT2D eigenvalue weighted by Crippen LogP contribution is -2.27. The maximum absolute atomic E-state index is 13.1. The number of aryl methyl sites for hydroxylation is 1. The van der Waals surface area contributed by atoms with E-state index in [1.807, 2.05) is 24.3 Å². The molecule has 0 bridgehead atoms. The maximum atomic E-state index is 13.1. The average molecular weight is 380 g/mol. The Labute approximate surface area is 153 Å². The number of halogens is 1. The summed E-state index contributed by atoms with van der Waals surface area (Å²) in [6.45, 7) is 1.92. The van der Waals surface area contributed by atoms with Crippen LogP contribution < -0.4 is 5.73 Å². The Morgan fingerprint density at radius 2 is 1.72 bits per heavy atom. The van der Waals surface area contributed by atoms with Crippen LogP contribution in [0.5, 0.6) is 0 Å². The SMILES string of the molecule is CCc1ccc(C2C(S(=O)(=O)c3ccc(Cl)cc3)C2(CN)CO)cc1. The van der Waals surface area contributed by atoms with Gasteiger partial charge in [-0.3, -0.25) is 0 Å². The summed E-state index contributed by atoms with van der Waals surface area (Å²) in [6.07, 6.45) is 0.916. The number of nitrogens with two attached hydrogens (primary N) is 1. The molecule has 1 aliphatic rings. The van der Waals surface area contributed by atoms with E-state index >= 15 is 0 Å². The Bertz CT molecular complexity index is 843. The van der Waals surface area contributed by atoms with Crippen molar-refractivity contribution in [3.05, 3.63) is 64.7 Å². The molecule has 3 atom stereocenters. The van der Waals surface area contributed by atoms with Crippen molar-refractivity contribution in [2.45, 2.75) is 29.4 Å². The van der Waals surface area contributed by atoms with Crippen molar-refractivity contribution in [2.75, 3.05) is 13.2 Å². The highest BCUT2D eigenvalue weighted by atomic mass is 35.5. The van der Waals surface area contributed by atoms with Crippen LogP contribution in [-0.2, 0) is 16.3 Å². The normalized spacial score (nSPS) is 25.8. The fourth-order valence-corrected chi connectivity index (χ4v) is 6.25. The van der Waals surface area contributed by atoms with E-state index in [1.165, 1.54) is 17.7 Å². The Hall–Kier alpha value is -1.40. The van der Waals surface area contributed by atoms with E-state index in [2.05, 4.69) is 6.92 Å². The second-order valence-corrected chi connectivity index (χ2v) is 9.09. The van der Waals surface area contributed by atoms with Gasteiger partial charge in [0.25, 0.3) is 0 Å². The fraction of sp³-hybridized carbons (Fsp3) is 0.368. The number of rotatable bonds is 6. The van der Waals surface area contributed by atoms with Gasteiger partial charge in [-0.1, -0.05) is 42.8 Å². The minimum Gasteiger partial charge on any atom is -0.396 e. The van der Waals surface area contributed by atoms with E-state index in [9.17, 15) is 13.5 Å². The molecule has 3 N–H and O–H groups in total. The monoisotopic (exact) mass is 379 g/mol. The first-order valence-corrected chi connectivity index (χ1v) is 10.2. The third kappa shape index (κ3) is 2.99. The molecule has 4 nitrogen and oxygen atoms in total. The van der Waals surface area contributed by atoms with Crippen LogP contribution in [0.1, 0.15) is 24.0 Å². The van der Waals surface area contributed by atoms with E-state index in [0.29, 0.717) is 5.02 Å². The molecule has 3 unspecified atom stereocenters. The van der Waals surface area contributed by atoms with E-state index in [4.69, 9.17) is 17.3 Å². The van der Waals surface area contributed by atoms with Crippen molar-refractivity contribution in [2.24, 2.45) is 11.1 Å². The number of aliphatic hydroxyl groups is 1. The number of benzene rings is 2. The molecule has 0 aliphatic heterocycles. The van der Waals surface area contributed by atoms with Gasteiger partial charge in [0.15, 0.2) is 9.84 Å². The molecule has 25 heavy (non-hydrogen) atoms. The average Bonchev–Trinajstić information content (AvgIpc) is 3.33. The van der Waals surface area contributed by atoms with Gasteiger partial charge < -0.3 is 10.8 Å². The molecule has 1 saturated carbocycles. The Morgan fingerprint density at radius 3 is 2.20 bits per heavy atom. The van der Waals surface area contributed by atoms with E-state index in [-0.39, 0.29) is 24.0 Å². The number of hydrogen-bond acceptors (Lipinski definition) is 4. The Morgan fingerprint density at radius 1 is 1.12 bits per heavy atom. The molecule has 0 aromatic heterocycles. The summed E-state index contributed by atoms with van der Waals surface area (Å²) in [4.78, 5) is 0.209. The van der Waals surface area contributed by atoms with Crippen molar-refractivity contribution >= 4 is 21.4 Å². The number of hydrogen-bond donors (Lipinski definition) is 2. The summed E-state index contributed by atoms with van der Waals surface area (Å²) in [6, 6.07) is 14.0. The third-order valence-corrected chi connectivity index (χ3v) is 7.87. The summed E-state index contributed by atoms with van der Waals surface area (Å²) in [7, 11) is -3.63. The van der Waals surface area contributed by atoms with Gasteiger partial charge >= 0.3 is 0 Å². The molecular formula is C19H22ClNO3S. The van der Waals surface area contributed by atoms with Crippen molar-refractivity contribution in [3.8, 4) is 0 Å². The lowest BCUT2D eigenvalue weighted by Gasteiger charge is -2.12. The van der Waals surface area contributed by atoms with Crippen molar-refractivity contribution in [1.82, 2.24) is 0 Å². The van der Waals surface area contributed by atoms with Gasteiger partial charge in [0, 0.05) is 22.9 Å². The molecule has 0 radical (unpaired) electrons. The first-order chi connectivity index (χ1) is 11.9. The largest absolute Gasteiger partial charge is 0.396 e. The second kappa shape index (κ2) is 6.72. The first-order valence-electron chi connectivity index (χ1n) is 8.30. The fourth-order valence-electron chi connectivity index (χ4n) is 3.68. The molecule has 0 spiro atoms. The molecule has 0 heterocycles. The lowest BCUT2D eigenvalue weighted by molar-refractivity contribution is 0.212. The zero-order valence-electron chi connectivity index (χ0n) is 14.0. The van der Waals surface area contributed by atoms with Crippen molar-refractivity contribution in [1.29, 1.82) is 0 Å². The van der Waals surface area contributed by atoms with Gasteiger partial charge in [-0.2, -0.15) is 0 Å². The molecule has 1 fully saturated rings. The van der Waals surface area contributed by atoms with Gasteiger partial charge in [-0.15, -0.1) is 0 Å².